The maximum absolute atomic E-state index is 12.3. The first-order valence-corrected chi connectivity index (χ1v) is 9.72. The Bertz CT molecular complexity index is 771. The monoisotopic (exact) mass is 384 g/mol. The molecule has 28 heavy (non-hydrogen) atoms. The van der Waals surface area contributed by atoms with Crippen LogP contribution in [0.3, 0.4) is 0 Å². The third kappa shape index (κ3) is 5.39. The molecule has 1 heterocycles. The summed E-state index contributed by atoms with van der Waals surface area (Å²) in [7, 11) is 1.62. The standard InChI is InChI=1S/C22H28N2O4/c1-3-28-20-10-4-17(16-21(20)26-2)5-11-22(25)23-18-6-8-19(9-7-18)24-12-14-27-15-13-24/h4,6-10,16H,3,5,11-15H2,1-2H3,(H,23,25). The number of carbonyl (C=O) groups excluding carboxylic acids is 1. The van der Waals surface area contributed by atoms with Gasteiger partial charge in [0.05, 0.1) is 26.9 Å². The van der Waals surface area contributed by atoms with Gasteiger partial charge in [-0.25, -0.2) is 0 Å². The molecule has 1 aliphatic heterocycles. The number of ether oxygens (including phenoxy) is 3. The second kappa shape index (κ2) is 9.99. The summed E-state index contributed by atoms with van der Waals surface area (Å²) in [6.45, 7) is 5.84. The molecule has 0 aliphatic carbocycles. The molecule has 1 N–H and O–H groups in total. The Hall–Kier alpha value is -2.73. The fraction of sp³-hybridized carbons (Fsp3) is 0.409. The molecule has 2 aromatic carbocycles. The fourth-order valence-electron chi connectivity index (χ4n) is 3.20. The van der Waals surface area contributed by atoms with Crippen LogP contribution in [0, 0.1) is 0 Å². The average Bonchev–Trinajstić information content (AvgIpc) is 2.74. The minimum Gasteiger partial charge on any atom is -0.493 e. The molecule has 0 atom stereocenters. The fourth-order valence-corrected chi connectivity index (χ4v) is 3.20. The second-order valence-electron chi connectivity index (χ2n) is 6.61. The van der Waals surface area contributed by atoms with Crippen molar-refractivity contribution in [2.45, 2.75) is 19.8 Å². The molecule has 1 aliphatic rings. The van der Waals surface area contributed by atoms with E-state index in [1.165, 1.54) is 0 Å². The van der Waals surface area contributed by atoms with E-state index < -0.39 is 0 Å². The molecule has 0 unspecified atom stereocenters. The molecule has 0 spiro atoms. The van der Waals surface area contributed by atoms with Gasteiger partial charge in [0.25, 0.3) is 0 Å². The van der Waals surface area contributed by atoms with E-state index in [1.54, 1.807) is 7.11 Å². The molecule has 6 heteroatoms. The van der Waals surface area contributed by atoms with E-state index in [0.29, 0.717) is 25.2 Å². The zero-order valence-electron chi connectivity index (χ0n) is 16.6. The van der Waals surface area contributed by atoms with E-state index in [-0.39, 0.29) is 5.91 Å². The van der Waals surface area contributed by atoms with E-state index in [0.717, 1.165) is 49.0 Å². The zero-order valence-corrected chi connectivity index (χ0v) is 16.6. The van der Waals surface area contributed by atoms with Gasteiger partial charge >= 0.3 is 0 Å². The Morgan fingerprint density at radius 1 is 1.11 bits per heavy atom. The average molecular weight is 384 g/mol. The van der Waals surface area contributed by atoms with Crippen LogP contribution in [0.2, 0.25) is 0 Å². The van der Waals surface area contributed by atoms with E-state index in [2.05, 4.69) is 10.2 Å². The van der Waals surface area contributed by atoms with Gasteiger partial charge in [-0.3, -0.25) is 4.79 Å². The quantitative estimate of drug-likeness (QED) is 0.755. The lowest BCUT2D eigenvalue weighted by Gasteiger charge is -2.28. The molecule has 0 saturated carbocycles. The summed E-state index contributed by atoms with van der Waals surface area (Å²) < 4.78 is 16.3. The lowest BCUT2D eigenvalue weighted by atomic mass is 10.1. The molecule has 6 nitrogen and oxygen atoms in total. The second-order valence-corrected chi connectivity index (χ2v) is 6.61. The summed E-state index contributed by atoms with van der Waals surface area (Å²) in [5, 5.41) is 2.96. The summed E-state index contributed by atoms with van der Waals surface area (Å²) in [6, 6.07) is 13.8. The van der Waals surface area contributed by atoms with Crippen LogP contribution in [0.5, 0.6) is 11.5 Å². The highest BCUT2D eigenvalue weighted by atomic mass is 16.5. The lowest BCUT2D eigenvalue weighted by molar-refractivity contribution is -0.116. The largest absolute Gasteiger partial charge is 0.493 e. The number of morpholine rings is 1. The molecule has 1 amide bonds. The number of carbonyl (C=O) groups is 1. The van der Waals surface area contributed by atoms with Crippen LogP contribution < -0.4 is 19.7 Å². The minimum atomic E-state index is -0.00743. The Kier molecular flexibility index (Phi) is 7.14. The van der Waals surface area contributed by atoms with Gasteiger partial charge in [0.2, 0.25) is 5.91 Å². The SMILES string of the molecule is CCOc1ccc(CCC(=O)Nc2ccc(N3CCOCC3)cc2)cc1OC. The van der Waals surface area contributed by atoms with Crippen molar-refractivity contribution >= 4 is 17.3 Å². The van der Waals surface area contributed by atoms with Crippen LogP contribution in [0.15, 0.2) is 42.5 Å². The number of anilines is 2. The first kappa shape index (κ1) is 20.0. The third-order valence-electron chi connectivity index (χ3n) is 4.70. The third-order valence-corrected chi connectivity index (χ3v) is 4.70. The maximum Gasteiger partial charge on any atom is 0.224 e. The van der Waals surface area contributed by atoms with Crippen molar-refractivity contribution in [2.75, 3.05) is 50.2 Å². The van der Waals surface area contributed by atoms with Crippen LogP contribution in [-0.2, 0) is 16.0 Å². The molecule has 1 saturated heterocycles. The number of methoxy groups -OCH3 is 1. The maximum atomic E-state index is 12.3. The van der Waals surface area contributed by atoms with Crippen molar-refractivity contribution in [3.05, 3.63) is 48.0 Å². The number of rotatable bonds is 8. The highest BCUT2D eigenvalue weighted by molar-refractivity contribution is 5.91. The zero-order chi connectivity index (χ0) is 19.8. The van der Waals surface area contributed by atoms with Gasteiger partial charge < -0.3 is 24.4 Å². The predicted molar refractivity (Wildman–Crippen MR) is 111 cm³/mol. The smallest absolute Gasteiger partial charge is 0.224 e. The molecule has 150 valence electrons. The van der Waals surface area contributed by atoms with Gasteiger partial charge in [0, 0.05) is 30.9 Å². The first-order chi connectivity index (χ1) is 13.7. The normalized spacial score (nSPS) is 13.9. The minimum absolute atomic E-state index is 0.00743. The topological polar surface area (TPSA) is 60.0 Å². The first-order valence-electron chi connectivity index (χ1n) is 9.72. The van der Waals surface area contributed by atoms with Gasteiger partial charge in [-0.05, 0) is 55.3 Å². The molecule has 1 fully saturated rings. The summed E-state index contributed by atoms with van der Waals surface area (Å²) in [5.74, 6) is 1.41. The van der Waals surface area contributed by atoms with Crippen LogP contribution >= 0.6 is 0 Å². The van der Waals surface area contributed by atoms with E-state index in [9.17, 15) is 4.79 Å². The van der Waals surface area contributed by atoms with Crippen LogP contribution in [0.1, 0.15) is 18.9 Å². The van der Waals surface area contributed by atoms with Gasteiger partial charge in [-0.1, -0.05) is 6.07 Å². The number of nitrogens with zero attached hydrogens (tertiary/aromatic N) is 1. The number of amides is 1. The highest BCUT2D eigenvalue weighted by Gasteiger charge is 2.11. The Balaban J connectivity index is 1.51. The van der Waals surface area contributed by atoms with E-state index in [1.807, 2.05) is 49.4 Å². The lowest BCUT2D eigenvalue weighted by Crippen LogP contribution is -2.36. The van der Waals surface area contributed by atoms with Gasteiger partial charge in [-0.2, -0.15) is 0 Å². The summed E-state index contributed by atoms with van der Waals surface area (Å²) in [6.07, 6.45) is 1.04. The number of hydrogen-bond donors (Lipinski definition) is 1. The molecule has 0 radical (unpaired) electrons. The summed E-state index contributed by atoms with van der Waals surface area (Å²) in [4.78, 5) is 14.6. The number of benzene rings is 2. The van der Waals surface area contributed by atoms with E-state index >= 15 is 0 Å². The van der Waals surface area contributed by atoms with Crippen molar-refractivity contribution in [3.8, 4) is 11.5 Å². The molecule has 0 bridgehead atoms. The van der Waals surface area contributed by atoms with Gasteiger partial charge in [0.15, 0.2) is 11.5 Å². The van der Waals surface area contributed by atoms with Crippen molar-refractivity contribution in [3.63, 3.8) is 0 Å². The Morgan fingerprint density at radius 3 is 2.54 bits per heavy atom. The molecule has 2 aromatic rings. The van der Waals surface area contributed by atoms with Crippen molar-refractivity contribution in [2.24, 2.45) is 0 Å². The van der Waals surface area contributed by atoms with Crippen molar-refractivity contribution in [1.82, 2.24) is 0 Å². The summed E-state index contributed by atoms with van der Waals surface area (Å²) in [5.41, 5.74) is 3.01. The molecular formula is C22H28N2O4. The van der Waals surface area contributed by atoms with Gasteiger partial charge in [-0.15, -0.1) is 0 Å². The van der Waals surface area contributed by atoms with Crippen molar-refractivity contribution < 1.29 is 19.0 Å². The Labute approximate surface area is 166 Å². The van der Waals surface area contributed by atoms with Crippen LogP contribution in [0.25, 0.3) is 0 Å². The summed E-state index contributed by atoms with van der Waals surface area (Å²) >= 11 is 0. The van der Waals surface area contributed by atoms with Crippen molar-refractivity contribution in [1.29, 1.82) is 0 Å². The Morgan fingerprint density at radius 2 is 1.86 bits per heavy atom. The van der Waals surface area contributed by atoms with Crippen LogP contribution in [-0.4, -0.2) is 45.9 Å². The molecule has 3 rings (SSSR count). The van der Waals surface area contributed by atoms with Gasteiger partial charge in [0.1, 0.15) is 0 Å². The number of nitrogens with one attached hydrogen (secondary N) is 1. The van der Waals surface area contributed by atoms with E-state index in [4.69, 9.17) is 14.2 Å². The molecule has 0 aromatic heterocycles. The predicted octanol–water partition coefficient (Wildman–Crippen LogP) is 3.50. The molecular weight excluding hydrogens is 356 g/mol. The number of aryl methyl sites for hydroxylation is 1. The van der Waals surface area contributed by atoms with Crippen LogP contribution in [0.4, 0.5) is 11.4 Å². The number of hydrogen-bond acceptors (Lipinski definition) is 5. The highest BCUT2D eigenvalue weighted by Crippen LogP contribution is 2.28.